The van der Waals surface area contributed by atoms with Gasteiger partial charge >= 0.3 is 0 Å². The molecule has 0 atom stereocenters. The molecule has 0 radical (unpaired) electrons. The van der Waals surface area contributed by atoms with Gasteiger partial charge in [0.25, 0.3) is 5.91 Å². The molecule has 0 aromatic heterocycles. The highest BCUT2D eigenvalue weighted by Crippen LogP contribution is 2.24. The van der Waals surface area contributed by atoms with Gasteiger partial charge in [-0.1, -0.05) is 72.3 Å². The van der Waals surface area contributed by atoms with Gasteiger partial charge in [0.15, 0.2) is 0 Å². The Morgan fingerprint density at radius 2 is 1.54 bits per heavy atom. The van der Waals surface area contributed by atoms with E-state index in [1.807, 2.05) is 60.7 Å². The Kier molecular flexibility index (Phi) is 5.66. The number of carbonyl (C=O) groups is 1. The lowest BCUT2D eigenvalue weighted by Gasteiger charge is -2.13. The van der Waals surface area contributed by atoms with Gasteiger partial charge in [-0.25, -0.2) is 5.43 Å². The molecule has 5 heteroatoms. The number of nitrogens with one attached hydrogen (secondary N) is 1. The molecular formula is C21H17ClN2O2. The fraction of sp³-hybridized carbons (Fsp3) is 0.0476. The number of nitrogens with zero attached hydrogens (tertiary/aromatic N) is 1. The van der Waals surface area contributed by atoms with E-state index >= 15 is 0 Å². The quantitative estimate of drug-likeness (QED) is 0.513. The van der Waals surface area contributed by atoms with Crippen LogP contribution < -0.4 is 5.43 Å². The lowest BCUT2D eigenvalue weighted by atomic mass is 9.92. The van der Waals surface area contributed by atoms with Crippen molar-refractivity contribution in [2.75, 3.05) is 0 Å². The molecule has 0 bridgehead atoms. The van der Waals surface area contributed by atoms with Gasteiger partial charge in [-0.15, -0.1) is 0 Å². The highest BCUT2D eigenvalue weighted by atomic mass is 35.5. The van der Waals surface area contributed by atoms with E-state index in [2.05, 4.69) is 10.5 Å². The molecule has 3 aromatic carbocycles. The fourth-order valence-corrected chi connectivity index (χ4v) is 2.75. The van der Waals surface area contributed by atoms with E-state index in [0.717, 1.165) is 11.1 Å². The van der Waals surface area contributed by atoms with Gasteiger partial charge in [0.05, 0.1) is 5.02 Å². The van der Waals surface area contributed by atoms with Gasteiger partial charge in [0, 0.05) is 17.7 Å². The number of rotatable bonds is 5. The van der Waals surface area contributed by atoms with Crippen molar-refractivity contribution < 1.29 is 9.90 Å². The van der Waals surface area contributed by atoms with Crippen LogP contribution in [0.3, 0.4) is 0 Å². The largest absolute Gasteiger partial charge is 0.506 e. The summed E-state index contributed by atoms with van der Waals surface area (Å²) in [6.07, 6.45) is 1.70. The number of benzene rings is 3. The molecule has 0 spiro atoms. The van der Waals surface area contributed by atoms with Crippen LogP contribution in [0.25, 0.3) is 0 Å². The molecule has 0 heterocycles. The van der Waals surface area contributed by atoms with Gasteiger partial charge in [-0.3, -0.25) is 4.79 Å². The van der Waals surface area contributed by atoms with Crippen LogP contribution in [0.15, 0.2) is 84.0 Å². The predicted octanol–water partition coefficient (Wildman–Crippen LogP) is 4.59. The fourth-order valence-electron chi connectivity index (χ4n) is 2.57. The van der Waals surface area contributed by atoms with Crippen molar-refractivity contribution >= 4 is 23.7 Å². The molecule has 0 saturated heterocycles. The molecule has 4 nitrogen and oxygen atoms in total. The zero-order chi connectivity index (χ0) is 18.4. The molecule has 0 aliphatic heterocycles. The summed E-state index contributed by atoms with van der Waals surface area (Å²) >= 11 is 5.83. The number of halogens is 1. The van der Waals surface area contributed by atoms with Gasteiger partial charge in [0.2, 0.25) is 0 Å². The first kappa shape index (κ1) is 17.7. The van der Waals surface area contributed by atoms with Crippen LogP contribution in [0, 0.1) is 0 Å². The normalized spacial score (nSPS) is 11.0. The Labute approximate surface area is 156 Å². The van der Waals surface area contributed by atoms with Crippen LogP contribution in [-0.2, 0) is 0 Å². The monoisotopic (exact) mass is 364 g/mol. The summed E-state index contributed by atoms with van der Waals surface area (Å²) in [5, 5.41) is 13.7. The zero-order valence-corrected chi connectivity index (χ0v) is 14.6. The van der Waals surface area contributed by atoms with Crippen LogP contribution in [0.1, 0.15) is 27.4 Å². The van der Waals surface area contributed by atoms with E-state index in [4.69, 9.17) is 11.6 Å². The minimum atomic E-state index is -0.400. The molecule has 0 aliphatic rings. The van der Waals surface area contributed by atoms with E-state index < -0.39 is 5.91 Å². The highest BCUT2D eigenvalue weighted by Gasteiger charge is 2.12. The Morgan fingerprint density at radius 3 is 2.08 bits per heavy atom. The van der Waals surface area contributed by atoms with Crippen LogP contribution in [0.4, 0.5) is 0 Å². The summed E-state index contributed by atoms with van der Waals surface area (Å²) in [5.41, 5.74) is 4.97. The smallest absolute Gasteiger partial charge is 0.271 e. The molecule has 3 aromatic rings. The average molecular weight is 365 g/mol. The number of carbonyl (C=O) groups excluding carboxylic acids is 1. The van der Waals surface area contributed by atoms with E-state index in [-0.39, 0.29) is 16.7 Å². The van der Waals surface area contributed by atoms with E-state index in [0.29, 0.717) is 5.56 Å². The minimum absolute atomic E-state index is 0.0695. The maximum Gasteiger partial charge on any atom is 0.271 e. The summed E-state index contributed by atoms with van der Waals surface area (Å²) in [6, 6.07) is 24.1. The van der Waals surface area contributed by atoms with Crippen LogP contribution >= 0.6 is 11.6 Å². The van der Waals surface area contributed by atoms with Crippen molar-refractivity contribution in [1.29, 1.82) is 0 Å². The number of aromatic hydroxyl groups is 1. The summed E-state index contributed by atoms with van der Waals surface area (Å²) in [4.78, 5) is 12.2. The second kappa shape index (κ2) is 8.32. The molecule has 130 valence electrons. The van der Waals surface area contributed by atoms with Crippen molar-refractivity contribution in [1.82, 2.24) is 5.43 Å². The van der Waals surface area contributed by atoms with Crippen molar-refractivity contribution in [3.8, 4) is 5.75 Å². The molecule has 0 fully saturated rings. The Balaban J connectivity index is 1.78. The third-order valence-corrected chi connectivity index (χ3v) is 4.22. The van der Waals surface area contributed by atoms with Gasteiger partial charge in [-0.2, -0.15) is 5.10 Å². The van der Waals surface area contributed by atoms with Gasteiger partial charge < -0.3 is 5.11 Å². The molecule has 1 amide bonds. The first-order valence-electron chi connectivity index (χ1n) is 8.07. The molecular weight excluding hydrogens is 348 g/mol. The van der Waals surface area contributed by atoms with E-state index in [9.17, 15) is 9.90 Å². The number of phenolic OH excluding ortho intramolecular Hbond substituents is 1. The van der Waals surface area contributed by atoms with Crippen LogP contribution in [0.2, 0.25) is 5.02 Å². The van der Waals surface area contributed by atoms with Crippen molar-refractivity contribution in [3.63, 3.8) is 0 Å². The first-order valence-corrected chi connectivity index (χ1v) is 8.45. The summed E-state index contributed by atoms with van der Waals surface area (Å²) in [6.45, 7) is 0. The lowest BCUT2D eigenvalue weighted by Crippen LogP contribution is -2.18. The van der Waals surface area contributed by atoms with Crippen molar-refractivity contribution in [2.45, 2.75) is 5.92 Å². The van der Waals surface area contributed by atoms with Crippen LogP contribution in [0.5, 0.6) is 5.75 Å². The van der Waals surface area contributed by atoms with Gasteiger partial charge in [0.1, 0.15) is 5.75 Å². The first-order chi connectivity index (χ1) is 12.6. The second-order valence-electron chi connectivity index (χ2n) is 5.68. The number of phenols is 1. The van der Waals surface area contributed by atoms with E-state index in [1.165, 1.54) is 18.2 Å². The van der Waals surface area contributed by atoms with Crippen LogP contribution in [-0.4, -0.2) is 17.2 Å². The molecule has 0 saturated carbocycles. The third kappa shape index (κ3) is 4.29. The molecule has 26 heavy (non-hydrogen) atoms. The number of hydrogen-bond donors (Lipinski definition) is 2. The summed E-state index contributed by atoms with van der Waals surface area (Å²) in [7, 11) is 0. The maximum absolute atomic E-state index is 12.2. The van der Waals surface area contributed by atoms with Crippen molar-refractivity contribution in [3.05, 3.63) is 101 Å². The molecule has 3 rings (SSSR count). The number of hydrazone groups is 1. The Bertz CT molecular complexity index is 872. The summed E-state index contributed by atoms with van der Waals surface area (Å²) < 4.78 is 0. The predicted molar refractivity (Wildman–Crippen MR) is 104 cm³/mol. The Morgan fingerprint density at radius 1 is 0.962 bits per heavy atom. The van der Waals surface area contributed by atoms with E-state index in [1.54, 1.807) is 6.21 Å². The minimum Gasteiger partial charge on any atom is -0.506 e. The average Bonchev–Trinajstić information content (AvgIpc) is 2.68. The lowest BCUT2D eigenvalue weighted by molar-refractivity contribution is 0.0955. The number of amides is 1. The van der Waals surface area contributed by atoms with Gasteiger partial charge in [-0.05, 0) is 29.3 Å². The maximum atomic E-state index is 12.2. The highest BCUT2D eigenvalue weighted by molar-refractivity contribution is 6.32. The SMILES string of the molecule is O=C(NN=CC(c1ccccc1)c1ccccc1)c1ccc(O)c(Cl)c1. The Hall–Kier alpha value is -3.11. The molecule has 0 aliphatic carbocycles. The summed E-state index contributed by atoms with van der Waals surface area (Å²) in [5.74, 6) is -0.552. The number of hydrogen-bond acceptors (Lipinski definition) is 3. The standard InChI is InChI=1S/C21H17ClN2O2/c22-19-13-17(11-12-20(19)25)21(26)24-23-14-18(15-7-3-1-4-8-15)16-9-5-2-6-10-16/h1-14,18,25H,(H,24,26). The topological polar surface area (TPSA) is 61.7 Å². The third-order valence-electron chi connectivity index (χ3n) is 3.92. The van der Waals surface area contributed by atoms with Crippen molar-refractivity contribution in [2.24, 2.45) is 5.10 Å². The molecule has 0 unspecified atom stereocenters. The molecule has 2 N–H and O–H groups in total. The zero-order valence-electron chi connectivity index (χ0n) is 13.8. The second-order valence-corrected chi connectivity index (χ2v) is 6.09.